The molecular formula is C17H14FN3O. The number of aromatic nitrogens is 2. The molecule has 0 radical (unpaired) electrons. The maximum absolute atomic E-state index is 13.5. The number of phenols is 1. The minimum Gasteiger partial charge on any atom is -0.508 e. The van der Waals surface area contributed by atoms with Crippen LogP contribution in [0.4, 0.5) is 10.2 Å². The Morgan fingerprint density at radius 3 is 3.00 bits per heavy atom. The summed E-state index contributed by atoms with van der Waals surface area (Å²) < 4.78 is 13.5. The minimum atomic E-state index is -0.310. The summed E-state index contributed by atoms with van der Waals surface area (Å²) in [6.07, 6.45) is 3.16. The van der Waals surface area contributed by atoms with Crippen LogP contribution in [0.15, 0.2) is 42.7 Å². The summed E-state index contributed by atoms with van der Waals surface area (Å²) in [6, 6.07) is 10.1. The molecule has 2 aromatic carbocycles. The van der Waals surface area contributed by atoms with Crippen LogP contribution in [0.2, 0.25) is 0 Å². The number of halogens is 1. The van der Waals surface area contributed by atoms with E-state index in [-0.39, 0.29) is 11.9 Å². The molecule has 0 bridgehead atoms. The van der Waals surface area contributed by atoms with Crippen LogP contribution in [0.3, 0.4) is 0 Å². The average Bonchev–Trinajstić information content (AvgIpc) is 2.93. The lowest BCUT2D eigenvalue weighted by Gasteiger charge is -2.16. The first kappa shape index (κ1) is 13.0. The molecule has 1 aliphatic carbocycles. The third-order valence-electron chi connectivity index (χ3n) is 4.15. The molecule has 0 fully saturated rings. The number of fused-ring (bicyclic) bond motifs is 2. The number of rotatable bonds is 2. The molecule has 0 saturated heterocycles. The van der Waals surface area contributed by atoms with E-state index in [9.17, 15) is 9.50 Å². The standard InChI is InChI=1S/C17H14FN3O/c18-10-4-6-14-13(8-10)17(20-9-19-14)21-15-7-5-12-11(15)2-1-3-16(12)22/h1-4,6,8-9,15,22H,5,7H2,(H,19,20,21). The molecule has 1 unspecified atom stereocenters. The summed E-state index contributed by atoms with van der Waals surface area (Å²) in [5, 5.41) is 13.9. The summed E-state index contributed by atoms with van der Waals surface area (Å²) in [6.45, 7) is 0. The van der Waals surface area contributed by atoms with E-state index in [1.807, 2.05) is 12.1 Å². The molecule has 0 saturated carbocycles. The molecule has 22 heavy (non-hydrogen) atoms. The Hall–Kier alpha value is -2.69. The lowest BCUT2D eigenvalue weighted by Crippen LogP contribution is -2.09. The lowest BCUT2D eigenvalue weighted by atomic mass is 10.1. The molecule has 2 N–H and O–H groups in total. The van der Waals surface area contributed by atoms with Gasteiger partial charge in [0.25, 0.3) is 0 Å². The van der Waals surface area contributed by atoms with Crippen molar-refractivity contribution in [3.63, 3.8) is 0 Å². The van der Waals surface area contributed by atoms with Gasteiger partial charge in [-0.15, -0.1) is 0 Å². The van der Waals surface area contributed by atoms with Gasteiger partial charge >= 0.3 is 0 Å². The van der Waals surface area contributed by atoms with Gasteiger partial charge in [0.15, 0.2) is 0 Å². The smallest absolute Gasteiger partial charge is 0.137 e. The molecule has 0 spiro atoms. The monoisotopic (exact) mass is 295 g/mol. The first-order valence-electron chi connectivity index (χ1n) is 7.20. The summed E-state index contributed by atoms with van der Waals surface area (Å²) in [7, 11) is 0. The van der Waals surface area contributed by atoms with Crippen molar-refractivity contribution in [1.82, 2.24) is 9.97 Å². The highest BCUT2D eigenvalue weighted by atomic mass is 19.1. The number of hydrogen-bond acceptors (Lipinski definition) is 4. The highest BCUT2D eigenvalue weighted by Crippen LogP contribution is 2.38. The van der Waals surface area contributed by atoms with Crippen molar-refractivity contribution < 1.29 is 9.50 Å². The first-order valence-corrected chi connectivity index (χ1v) is 7.20. The van der Waals surface area contributed by atoms with Crippen molar-refractivity contribution >= 4 is 16.7 Å². The highest BCUT2D eigenvalue weighted by molar-refractivity contribution is 5.89. The van der Waals surface area contributed by atoms with E-state index in [4.69, 9.17) is 0 Å². The Kier molecular flexibility index (Phi) is 2.92. The van der Waals surface area contributed by atoms with E-state index >= 15 is 0 Å². The molecule has 4 nitrogen and oxygen atoms in total. The third-order valence-corrected chi connectivity index (χ3v) is 4.15. The van der Waals surface area contributed by atoms with Crippen LogP contribution in [-0.2, 0) is 6.42 Å². The van der Waals surface area contributed by atoms with Gasteiger partial charge in [0, 0.05) is 5.39 Å². The molecule has 0 amide bonds. The molecule has 110 valence electrons. The Morgan fingerprint density at radius 2 is 2.09 bits per heavy atom. The van der Waals surface area contributed by atoms with E-state index < -0.39 is 0 Å². The predicted octanol–water partition coefficient (Wildman–Crippen LogP) is 3.57. The van der Waals surface area contributed by atoms with Gasteiger partial charge in [-0.05, 0) is 48.2 Å². The molecule has 1 aromatic heterocycles. The highest BCUT2D eigenvalue weighted by Gasteiger charge is 2.25. The Bertz CT molecular complexity index is 866. The van der Waals surface area contributed by atoms with Gasteiger partial charge in [0.1, 0.15) is 23.7 Å². The SMILES string of the molecule is Oc1cccc2c1CCC2Nc1ncnc2ccc(F)cc12. The van der Waals surface area contributed by atoms with Crippen LogP contribution in [0.5, 0.6) is 5.75 Å². The van der Waals surface area contributed by atoms with Crippen LogP contribution in [0, 0.1) is 5.82 Å². The molecular weight excluding hydrogens is 281 g/mol. The summed E-state index contributed by atoms with van der Waals surface area (Å²) in [5.74, 6) is 0.640. The zero-order valence-electron chi connectivity index (χ0n) is 11.8. The van der Waals surface area contributed by atoms with Gasteiger partial charge in [-0.2, -0.15) is 0 Å². The Labute approximate surface area is 126 Å². The zero-order valence-corrected chi connectivity index (χ0v) is 11.8. The lowest BCUT2D eigenvalue weighted by molar-refractivity contribution is 0.469. The van der Waals surface area contributed by atoms with Crippen LogP contribution in [-0.4, -0.2) is 15.1 Å². The minimum absolute atomic E-state index is 0.0588. The van der Waals surface area contributed by atoms with Crippen molar-refractivity contribution in [3.8, 4) is 5.75 Å². The van der Waals surface area contributed by atoms with Gasteiger partial charge in [-0.1, -0.05) is 12.1 Å². The summed E-state index contributed by atoms with van der Waals surface area (Å²) >= 11 is 0. The van der Waals surface area contributed by atoms with E-state index in [0.29, 0.717) is 22.5 Å². The molecule has 0 aliphatic heterocycles. The van der Waals surface area contributed by atoms with Crippen molar-refractivity contribution in [1.29, 1.82) is 0 Å². The predicted molar refractivity (Wildman–Crippen MR) is 82.3 cm³/mol. The van der Waals surface area contributed by atoms with Crippen LogP contribution < -0.4 is 5.32 Å². The van der Waals surface area contributed by atoms with Crippen molar-refractivity contribution in [2.45, 2.75) is 18.9 Å². The first-order chi connectivity index (χ1) is 10.7. The van der Waals surface area contributed by atoms with Crippen LogP contribution in [0.25, 0.3) is 10.9 Å². The fraction of sp³-hybridized carbons (Fsp3) is 0.176. The molecule has 5 heteroatoms. The molecule has 3 aromatic rings. The van der Waals surface area contributed by atoms with Gasteiger partial charge in [-0.3, -0.25) is 0 Å². The number of nitrogens with one attached hydrogen (secondary N) is 1. The third kappa shape index (κ3) is 2.06. The number of aromatic hydroxyl groups is 1. The Balaban J connectivity index is 1.74. The quantitative estimate of drug-likeness (QED) is 0.759. The second-order valence-corrected chi connectivity index (χ2v) is 5.46. The average molecular weight is 295 g/mol. The van der Waals surface area contributed by atoms with E-state index in [1.165, 1.54) is 18.5 Å². The van der Waals surface area contributed by atoms with Crippen LogP contribution in [0.1, 0.15) is 23.6 Å². The van der Waals surface area contributed by atoms with E-state index in [2.05, 4.69) is 15.3 Å². The summed E-state index contributed by atoms with van der Waals surface area (Å²) in [4.78, 5) is 8.41. The van der Waals surface area contributed by atoms with Crippen LogP contribution >= 0.6 is 0 Å². The number of benzene rings is 2. The fourth-order valence-corrected chi connectivity index (χ4v) is 3.09. The second kappa shape index (κ2) is 4.94. The maximum atomic E-state index is 13.5. The Morgan fingerprint density at radius 1 is 1.18 bits per heavy atom. The summed E-state index contributed by atoms with van der Waals surface area (Å²) in [5.41, 5.74) is 2.75. The number of phenolic OH excluding ortho intramolecular Hbond substituents is 1. The molecule has 4 rings (SSSR count). The number of anilines is 1. The fourth-order valence-electron chi connectivity index (χ4n) is 3.09. The normalized spacial score (nSPS) is 16.7. The number of nitrogens with zero attached hydrogens (tertiary/aromatic N) is 2. The molecule has 1 aliphatic rings. The molecule has 1 heterocycles. The van der Waals surface area contributed by atoms with Gasteiger partial charge in [0.05, 0.1) is 11.6 Å². The zero-order chi connectivity index (χ0) is 15.1. The maximum Gasteiger partial charge on any atom is 0.137 e. The van der Waals surface area contributed by atoms with Gasteiger partial charge < -0.3 is 10.4 Å². The van der Waals surface area contributed by atoms with E-state index in [1.54, 1.807) is 12.1 Å². The van der Waals surface area contributed by atoms with Crippen molar-refractivity contribution in [2.75, 3.05) is 5.32 Å². The van der Waals surface area contributed by atoms with Gasteiger partial charge in [0.2, 0.25) is 0 Å². The van der Waals surface area contributed by atoms with E-state index in [0.717, 1.165) is 24.0 Å². The molecule has 1 atom stereocenters. The van der Waals surface area contributed by atoms with Crippen molar-refractivity contribution in [3.05, 3.63) is 59.7 Å². The largest absolute Gasteiger partial charge is 0.508 e. The second-order valence-electron chi connectivity index (χ2n) is 5.46. The number of hydrogen-bond donors (Lipinski definition) is 2. The van der Waals surface area contributed by atoms with Crippen molar-refractivity contribution in [2.24, 2.45) is 0 Å². The topological polar surface area (TPSA) is 58.0 Å². The van der Waals surface area contributed by atoms with Gasteiger partial charge in [-0.25, -0.2) is 14.4 Å².